The molecular weight excluding hydrogens is 555 g/mol. The van der Waals surface area contributed by atoms with E-state index < -0.39 is 5.97 Å². The molecule has 37 heavy (non-hydrogen) atoms. The van der Waals surface area contributed by atoms with Gasteiger partial charge in [-0.1, -0.05) is 41.0 Å². The first kappa shape index (κ1) is 29.0. The molecule has 3 rings (SSSR count). The van der Waals surface area contributed by atoms with Gasteiger partial charge in [0.05, 0.1) is 29.6 Å². The van der Waals surface area contributed by atoms with Crippen LogP contribution in [0.4, 0.5) is 5.00 Å². The standard InChI is InChI=1S/C25H28Cl2N4O4S2/c1-5-11-31-20(8-7-12-35-19-10-9-17(26)13-18(19)27)29-30-25(31)36-14-21(32)28-23-22(24(33)34-6-2)15(3)16(4)37-23/h5,9-10,13H,1,6-8,11-12,14H2,2-4H3,(H,28,32). The van der Waals surface area contributed by atoms with Crippen LogP contribution in [-0.4, -0.2) is 45.6 Å². The van der Waals surface area contributed by atoms with Crippen molar-refractivity contribution in [2.24, 2.45) is 0 Å². The number of allylic oxidation sites excluding steroid dienone is 1. The molecule has 8 nitrogen and oxygen atoms in total. The number of nitrogens with zero attached hydrogens (tertiary/aromatic N) is 3. The number of carbonyl (C=O) groups excluding carboxylic acids is 2. The summed E-state index contributed by atoms with van der Waals surface area (Å²) >= 11 is 14.7. The number of rotatable bonds is 13. The molecule has 0 spiro atoms. The molecule has 0 atom stereocenters. The van der Waals surface area contributed by atoms with Crippen molar-refractivity contribution in [3.63, 3.8) is 0 Å². The molecule has 0 radical (unpaired) electrons. The fourth-order valence-corrected chi connectivity index (χ4v) is 5.68. The van der Waals surface area contributed by atoms with Gasteiger partial charge in [0, 0.05) is 22.9 Å². The second-order valence-corrected chi connectivity index (χ2v) is 10.9. The lowest BCUT2D eigenvalue weighted by atomic mass is 10.1. The molecule has 1 aromatic carbocycles. The maximum Gasteiger partial charge on any atom is 0.341 e. The minimum atomic E-state index is -0.440. The molecule has 0 bridgehead atoms. The van der Waals surface area contributed by atoms with E-state index in [4.69, 9.17) is 32.7 Å². The van der Waals surface area contributed by atoms with E-state index in [0.29, 0.717) is 57.5 Å². The van der Waals surface area contributed by atoms with Gasteiger partial charge in [-0.2, -0.15) is 0 Å². The van der Waals surface area contributed by atoms with Crippen LogP contribution in [0.5, 0.6) is 5.75 Å². The van der Waals surface area contributed by atoms with Crippen LogP contribution in [0.25, 0.3) is 0 Å². The molecule has 12 heteroatoms. The number of thioether (sulfide) groups is 1. The zero-order chi connectivity index (χ0) is 26.9. The molecule has 198 valence electrons. The Bertz CT molecular complexity index is 1280. The molecule has 2 aromatic heterocycles. The quantitative estimate of drug-likeness (QED) is 0.108. The van der Waals surface area contributed by atoms with E-state index >= 15 is 0 Å². The van der Waals surface area contributed by atoms with Gasteiger partial charge >= 0.3 is 5.97 Å². The predicted octanol–water partition coefficient (Wildman–Crippen LogP) is 6.37. The highest BCUT2D eigenvalue weighted by molar-refractivity contribution is 7.99. The third kappa shape index (κ3) is 7.73. The Labute approximate surface area is 234 Å². The average molecular weight is 584 g/mol. The van der Waals surface area contributed by atoms with Gasteiger partial charge in [-0.3, -0.25) is 4.79 Å². The van der Waals surface area contributed by atoms with Crippen molar-refractivity contribution < 1.29 is 19.1 Å². The fraction of sp³-hybridized carbons (Fsp3) is 0.360. The summed E-state index contributed by atoms with van der Waals surface area (Å²) in [4.78, 5) is 26.0. The topological polar surface area (TPSA) is 95.3 Å². The number of benzene rings is 1. The monoisotopic (exact) mass is 582 g/mol. The highest BCUT2D eigenvalue weighted by Gasteiger charge is 2.22. The van der Waals surface area contributed by atoms with E-state index in [1.54, 1.807) is 31.2 Å². The molecule has 0 aliphatic heterocycles. The van der Waals surface area contributed by atoms with E-state index in [0.717, 1.165) is 16.3 Å². The van der Waals surface area contributed by atoms with E-state index in [9.17, 15) is 9.59 Å². The lowest BCUT2D eigenvalue weighted by Gasteiger charge is -2.10. The smallest absolute Gasteiger partial charge is 0.341 e. The number of hydrogen-bond acceptors (Lipinski definition) is 8. The highest BCUT2D eigenvalue weighted by atomic mass is 35.5. The summed E-state index contributed by atoms with van der Waals surface area (Å²) in [5, 5.41) is 13.5. The van der Waals surface area contributed by atoms with Crippen LogP contribution in [0.2, 0.25) is 10.0 Å². The van der Waals surface area contributed by atoms with E-state index in [2.05, 4.69) is 22.1 Å². The Kier molecular flexibility index (Phi) is 10.9. The maximum absolute atomic E-state index is 12.7. The van der Waals surface area contributed by atoms with Gasteiger partial charge in [0.2, 0.25) is 5.91 Å². The molecular formula is C25H28Cl2N4O4S2. The largest absolute Gasteiger partial charge is 0.492 e. The summed E-state index contributed by atoms with van der Waals surface area (Å²) in [7, 11) is 0. The maximum atomic E-state index is 12.7. The Morgan fingerprint density at radius 1 is 1.27 bits per heavy atom. The van der Waals surface area contributed by atoms with Crippen molar-refractivity contribution in [3.05, 3.63) is 62.7 Å². The van der Waals surface area contributed by atoms with Gasteiger partial charge in [0.25, 0.3) is 0 Å². The summed E-state index contributed by atoms with van der Waals surface area (Å²) in [6, 6.07) is 5.10. The van der Waals surface area contributed by atoms with Crippen molar-refractivity contribution >= 4 is 63.2 Å². The Morgan fingerprint density at radius 2 is 2.05 bits per heavy atom. The first-order valence-corrected chi connectivity index (χ1v) is 14.1. The van der Waals surface area contributed by atoms with Crippen LogP contribution in [-0.2, 0) is 22.5 Å². The minimum absolute atomic E-state index is 0.103. The van der Waals surface area contributed by atoms with Crippen molar-refractivity contribution in [2.75, 3.05) is 24.3 Å². The lowest BCUT2D eigenvalue weighted by Crippen LogP contribution is -2.17. The van der Waals surface area contributed by atoms with Gasteiger partial charge in [-0.25, -0.2) is 4.79 Å². The number of aromatic nitrogens is 3. The van der Waals surface area contributed by atoms with Crippen molar-refractivity contribution in [1.82, 2.24) is 14.8 Å². The van der Waals surface area contributed by atoms with E-state index in [1.807, 2.05) is 18.4 Å². The molecule has 0 saturated carbocycles. The van der Waals surface area contributed by atoms with Crippen molar-refractivity contribution in [2.45, 2.75) is 45.3 Å². The number of aryl methyl sites for hydroxylation is 2. The van der Waals surface area contributed by atoms with Gasteiger partial charge in [-0.05, 0) is 51.0 Å². The zero-order valence-corrected chi connectivity index (χ0v) is 24.0. The molecule has 0 fully saturated rings. The van der Waals surface area contributed by atoms with Gasteiger partial charge < -0.3 is 19.4 Å². The summed E-state index contributed by atoms with van der Waals surface area (Å²) in [5.74, 6) is 0.752. The Hall–Kier alpha value is -2.53. The molecule has 2 heterocycles. The first-order valence-electron chi connectivity index (χ1n) is 11.6. The normalized spacial score (nSPS) is 10.8. The Balaban J connectivity index is 1.58. The highest BCUT2D eigenvalue weighted by Crippen LogP contribution is 2.33. The van der Waals surface area contributed by atoms with Crippen LogP contribution < -0.4 is 10.1 Å². The number of thiophene rings is 1. The van der Waals surface area contributed by atoms with Crippen LogP contribution in [0.15, 0.2) is 36.0 Å². The van der Waals surface area contributed by atoms with Crippen LogP contribution in [0, 0.1) is 13.8 Å². The molecule has 0 aliphatic carbocycles. The number of nitrogens with one attached hydrogen (secondary N) is 1. The number of esters is 1. The Morgan fingerprint density at radius 3 is 2.76 bits per heavy atom. The minimum Gasteiger partial charge on any atom is -0.492 e. The lowest BCUT2D eigenvalue weighted by molar-refractivity contribution is -0.113. The third-order valence-corrected chi connectivity index (χ3v) is 7.87. The van der Waals surface area contributed by atoms with E-state index in [1.165, 1.54) is 23.1 Å². The number of anilines is 1. The summed E-state index contributed by atoms with van der Waals surface area (Å²) < 4.78 is 12.8. The average Bonchev–Trinajstić information content (AvgIpc) is 3.36. The fourth-order valence-electron chi connectivity index (χ4n) is 3.38. The summed E-state index contributed by atoms with van der Waals surface area (Å²) in [6.45, 7) is 10.5. The van der Waals surface area contributed by atoms with Crippen LogP contribution >= 0.6 is 46.3 Å². The van der Waals surface area contributed by atoms with Gasteiger partial charge in [0.1, 0.15) is 16.6 Å². The number of carbonyl (C=O) groups is 2. The third-order valence-electron chi connectivity index (χ3n) is 5.25. The first-order chi connectivity index (χ1) is 17.7. The number of halogens is 2. The SMILES string of the molecule is C=CCn1c(CCCOc2ccc(Cl)cc2Cl)nnc1SCC(=O)Nc1sc(C)c(C)c1C(=O)OCC. The summed E-state index contributed by atoms with van der Waals surface area (Å²) in [6.07, 6.45) is 3.06. The molecule has 0 aliphatic rings. The molecule has 0 saturated heterocycles. The second-order valence-electron chi connectivity index (χ2n) is 7.87. The van der Waals surface area contributed by atoms with Crippen LogP contribution in [0.3, 0.4) is 0 Å². The summed E-state index contributed by atoms with van der Waals surface area (Å²) in [5.41, 5.74) is 1.21. The zero-order valence-electron chi connectivity index (χ0n) is 20.8. The van der Waals surface area contributed by atoms with Crippen molar-refractivity contribution in [3.8, 4) is 5.75 Å². The number of ether oxygens (including phenoxy) is 2. The van der Waals surface area contributed by atoms with E-state index in [-0.39, 0.29) is 18.3 Å². The molecule has 1 amide bonds. The molecule has 3 aromatic rings. The second kappa shape index (κ2) is 13.9. The van der Waals surface area contributed by atoms with Crippen molar-refractivity contribution in [1.29, 1.82) is 0 Å². The predicted molar refractivity (Wildman–Crippen MR) is 150 cm³/mol. The van der Waals surface area contributed by atoms with Crippen LogP contribution in [0.1, 0.15) is 40.0 Å². The molecule has 1 N–H and O–H groups in total. The van der Waals surface area contributed by atoms with Gasteiger partial charge in [0.15, 0.2) is 5.16 Å². The number of hydrogen-bond donors (Lipinski definition) is 1. The van der Waals surface area contributed by atoms with Gasteiger partial charge in [-0.15, -0.1) is 28.1 Å². The molecule has 0 unspecified atom stereocenters. The number of amides is 1.